The van der Waals surface area contributed by atoms with Crippen molar-refractivity contribution >= 4 is 28.1 Å². The van der Waals surface area contributed by atoms with Crippen molar-refractivity contribution in [2.75, 3.05) is 37.0 Å². The molecule has 6 nitrogen and oxygen atoms in total. The summed E-state index contributed by atoms with van der Waals surface area (Å²) in [7, 11) is 1.71. The van der Waals surface area contributed by atoms with Gasteiger partial charge >= 0.3 is 0 Å². The molecule has 3 aromatic rings. The first-order chi connectivity index (χ1) is 12.7. The summed E-state index contributed by atoms with van der Waals surface area (Å²) < 4.78 is 5.18. The Bertz CT molecular complexity index is 851. The molecule has 0 aliphatic heterocycles. The maximum Gasteiger partial charge on any atom is 0.185 e. The monoisotopic (exact) mass is 369 g/mol. The average Bonchev–Trinajstić information content (AvgIpc) is 3.13. The largest absolute Gasteiger partial charge is 0.383 e. The van der Waals surface area contributed by atoms with E-state index < -0.39 is 0 Å². The fourth-order valence-corrected chi connectivity index (χ4v) is 3.47. The summed E-state index contributed by atoms with van der Waals surface area (Å²) in [5.41, 5.74) is 2.05. The molecule has 0 aromatic carbocycles. The Balaban J connectivity index is 1.78. The van der Waals surface area contributed by atoms with Crippen molar-refractivity contribution < 1.29 is 4.74 Å². The Morgan fingerprint density at radius 2 is 2.08 bits per heavy atom. The standard InChI is InChI=1S/C19H23N5OS/c1-4-24(10-11-25-3)19-21-13-16(26-19)15-6-5-7-17(22-15)23-18-12-14(2)8-9-20-18/h5-9,12-13H,4,10-11H2,1-3H3,(H,20,22,23). The van der Waals surface area contributed by atoms with Gasteiger partial charge in [-0.15, -0.1) is 0 Å². The van der Waals surface area contributed by atoms with Crippen LogP contribution in [0.15, 0.2) is 42.7 Å². The topological polar surface area (TPSA) is 63.2 Å². The highest BCUT2D eigenvalue weighted by Gasteiger charge is 2.12. The number of pyridine rings is 2. The number of aryl methyl sites for hydroxylation is 1. The number of hydrogen-bond donors (Lipinski definition) is 1. The maximum atomic E-state index is 5.18. The molecule has 0 aliphatic carbocycles. The molecule has 0 bridgehead atoms. The second-order valence-corrected chi connectivity index (χ2v) is 6.84. The normalized spacial score (nSPS) is 10.7. The molecule has 3 heterocycles. The molecular weight excluding hydrogens is 346 g/mol. The second-order valence-electron chi connectivity index (χ2n) is 5.83. The lowest BCUT2D eigenvalue weighted by Crippen LogP contribution is -2.26. The van der Waals surface area contributed by atoms with Crippen LogP contribution < -0.4 is 10.2 Å². The highest BCUT2D eigenvalue weighted by molar-refractivity contribution is 7.18. The zero-order chi connectivity index (χ0) is 18.4. The molecule has 26 heavy (non-hydrogen) atoms. The van der Waals surface area contributed by atoms with Crippen LogP contribution in [0.5, 0.6) is 0 Å². The molecule has 1 N–H and O–H groups in total. The number of ether oxygens (including phenoxy) is 1. The van der Waals surface area contributed by atoms with Gasteiger partial charge in [0, 0.05) is 32.6 Å². The lowest BCUT2D eigenvalue weighted by molar-refractivity contribution is 0.205. The van der Waals surface area contributed by atoms with Crippen LogP contribution in [0.3, 0.4) is 0 Å². The minimum Gasteiger partial charge on any atom is -0.383 e. The van der Waals surface area contributed by atoms with Crippen LogP contribution in [-0.4, -0.2) is 41.8 Å². The van der Waals surface area contributed by atoms with E-state index in [2.05, 4.69) is 27.1 Å². The average molecular weight is 369 g/mol. The first-order valence-corrected chi connectivity index (χ1v) is 9.38. The van der Waals surface area contributed by atoms with Gasteiger partial charge in [-0.1, -0.05) is 17.4 Å². The minimum atomic E-state index is 0.684. The predicted molar refractivity (Wildman–Crippen MR) is 107 cm³/mol. The third kappa shape index (κ3) is 4.56. The quantitative estimate of drug-likeness (QED) is 0.644. The molecule has 0 unspecified atom stereocenters. The fourth-order valence-electron chi connectivity index (χ4n) is 2.50. The van der Waals surface area contributed by atoms with Gasteiger partial charge in [0.1, 0.15) is 11.6 Å². The van der Waals surface area contributed by atoms with Crippen molar-refractivity contribution in [1.29, 1.82) is 0 Å². The Kier molecular flexibility index (Phi) is 6.14. The minimum absolute atomic E-state index is 0.684. The van der Waals surface area contributed by atoms with Crippen molar-refractivity contribution in [3.05, 3.63) is 48.3 Å². The molecule has 0 fully saturated rings. The lowest BCUT2D eigenvalue weighted by Gasteiger charge is -2.18. The van der Waals surface area contributed by atoms with Crippen molar-refractivity contribution in [3.63, 3.8) is 0 Å². The number of nitrogens with zero attached hydrogens (tertiary/aromatic N) is 4. The van der Waals surface area contributed by atoms with Gasteiger partial charge in [-0.2, -0.15) is 0 Å². The first-order valence-electron chi connectivity index (χ1n) is 8.56. The van der Waals surface area contributed by atoms with E-state index in [9.17, 15) is 0 Å². The van der Waals surface area contributed by atoms with E-state index in [4.69, 9.17) is 9.72 Å². The summed E-state index contributed by atoms with van der Waals surface area (Å²) in [6.07, 6.45) is 3.67. The number of aromatic nitrogens is 3. The summed E-state index contributed by atoms with van der Waals surface area (Å²) >= 11 is 1.64. The fraction of sp³-hybridized carbons (Fsp3) is 0.316. The molecule has 0 radical (unpaired) electrons. The number of methoxy groups -OCH3 is 1. The molecule has 7 heteroatoms. The number of hydrogen-bond acceptors (Lipinski definition) is 7. The van der Waals surface area contributed by atoms with Crippen LogP contribution in [0.4, 0.5) is 16.8 Å². The molecule has 136 valence electrons. The lowest BCUT2D eigenvalue weighted by atomic mass is 10.3. The summed E-state index contributed by atoms with van der Waals surface area (Å²) in [5.74, 6) is 1.55. The third-order valence-electron chi connectivity index (χ3n) is 3.88. The van der Waals surface area contributed by atoms with E-state index >= 15 is 0 Å². The number of rotatable bonds is 8. The maximum absolute atomic E-state index is 5.18. The molecule has 0 saturated carbocycles. The molecule has 3 aromatic heterocycles. The second kappa shape index (κ2) is 8.73. The SMILES string of the molecule is CCN(CCOC)c1ncc(-c2cccc(Nc3cc(C)ccn3)n2)s1. The van der Waals surface area contributed by atoms with Crippen molar-refractivity contribution in [1.82, 2.24) is 15.0 Å². The molecule has 0 saturated heterocycles. The van der Waals surface area contributed by atoms with Gasteiger partial charge in [-0.3, -0.25) is 0 Å². The highest BCUT2D eigenvalue weighted by Crippen LogP contribution is 2.30. The Labute approximate surface area is 157 Å². The van der Waals surface area contributed by atoms with Gasteiger partial charge in [-0.25, -0.2) is 15.0 Å². The van der Waals surface area contributed by atoms with Crippen LogP contribution >= 0.6 is 11.3 Å². The van der Waals surface area contributed by atoms with Gasteiger partial charge in [0.2, 0.25) is 0 Å². The van der Waals surface area contributed by atoms with Gasteiger partial charge < -0.3 is 15.0 Å². The smallest absolute Gasteiger partial charge is 0.185 e. The molecule has 3 rings (SSSR count). The van der Waals surface area contributed by atoms with Gasteiger partial charge in [0.15, 0.2) is 5.13 Å². The zero-order valence-electron chi connectivity index (χ0n) is 15.3. The number of thiazole rings is 1. The van der Waals surface area contributed by atoms with E-state index in [0.717, 1.165) is 46.0 Å². The Morgan fingerprint density at radius 3 is 2.85 bits per heavy atom. The van der Waals surface area contributed by atoms with E-state index in [1.54, 1.807) is 24.6 Å². The third-order valence-corrected chi connectivity index (χ3v) is 4.96. The van der Waals surface area contributed by atoms with Gasteiger partial charge in [-0.05, 0) is 43.7 Å². The predicted octanol–water partition coefficient (Wildman–Crippen LogP) is 4.12. The van der Waals surface area contributed by atoms with Crippen LogP contribution in [-0.2, 0) is 4.74 Å². The highest BCUT2D eigenvalue weighted by atomic mass is 32.1. The summed E-state index contributed by atoms with van der Waals surface area (Å²) in [5, 5.41) is 4.24. The van der Waals surface area contributed by atoms with Crippen molar-refractivity contribution in [3.8, 4) is 10.6 Å². The summed E-state index contributed by atoms with van der Waals surface area (Å²) in [6, 6.07) is 9.89. The first kappa shape index (κ1) is 18.3. The number of nitrogens with one attached hydrogen (secondary N) is 1. The molecule has 0 atom stereocenters. The van der Waals surface area contributed by atoms with Gasteiger partial charge in [0.25, 0.3) is 0 Å². The van der Waals surface area contributed by atoms with Crippen LogP contribution in [0.1, 0.15) is 12.5 Å². The number of anilines is 3. The molecule has 0 spiro atoms. The van der Waals surface area contributed by atoms with Crippen LogP contribution in [0.2, 0.25) is 0 Å². The Hall–Kier alpha value is -2.51. The zero-order valence-corrected chi connectivity index (χ0v) is 16.1. The number of likely N-dealkylation sites (N-methyl/N-ethyl adjacent to an activating group) is 1. The Morgan fingerprint density at radius 1 is 1.19 bits per heavy atom. The van der Waals surface area contributed by atoms with E-state index in [1.165, 1.54) is 0 Å². The van der Waals surface area contributed by atoms with E-state index in [0.29, 0.717) is 6.61 Å². The van der Waals surface area contributed by atoms with Crippen LogP contribution in [0.25, 0.3) is 10.6 Å². The van der Waals surface area contributed by atoms with Gasteiger partial charge in [0.05, 0.1) is 17.2 Å². The van der Waals surface area contributed by atoms with E-state index in [1.807, 2.05) is 43.5 Å². The van der Waals surface area contributed by atoms with Crippen molar-refractivity contribution in [2.45, 2.75) is 13.8 Å². The molecular formula is C19H23N5OS. The molecule has 0 aliphatic rings. The summed E-state index contributed by atoms with van der Waals surface area (Å²) in [6.45, 7) is 6.56. The summed E-state index contributed by atoms with van der Waals surface area (Å²) in [4.78, 5) is 16.8. The van der Waals surface area contributed by atoms with E-state index in [-0.39, 0.29) is 0 Å². The van der Waals surface area contributed by atoms with Crippen molar-refractivity contribution in [2.24, 2.45) is 0 Å². The molecule has 0 amide bonds. The van der Waals surface area contributed by atoms with Crippen LogP contribution in [0, 0.1) is 6.92 Å².